The van der Waals surface area contributed by atoms with E-state index >= 15 is 0 Å². The molecule has 1 aromatic rings. The first kappa shape index (κ1) is 33.7. The van der Waals surface area contributed by atoms with Crippen LogP contribution in [0.15, 0.2) is 24.3 Å². The van der Waals surface area contributed by atoms with Crippen LogP contribution in [0.1, 0.15) is 36.5 Å². The average Bonchev–Trinajstić information content (AvgIpc) is 2.94. The van der Waals surface area contributed by atoms with Crippen LogP contribution in [0.25, 0.3) is 0 Å². The van der Waals surface area contributed by atoms with Gasteiger partial charge in [0, 0.05) is 12.2 Å². The summed E-state index contributed by atoms with van der Waals surface area (Å²) < 4.78 is 42.0. The second-order valence-corrected chi connectivity index (χ2v) is 7.99. The van der Waals surface area contributed by atoms with Crippen LogP contribution < -0.4 is 5.32 Å². The summed E-state index contributed by atoms with van der Waals surface area (Å²) in [7, 11) is 1.35. The Balaban J connectivity index is 1.79. The number of benzene rings is 1. The molecule has 0 aliphatic carbocycles. The van der Waals surface area contributed by atoms with E-state index in [2.05, 4.69) is 17.0 Å². The van der Waals surface area contributed by atoms with E-state index in [4.69, 9.17) is 33.2 Å². The summed E-state index contributed by atoms with van der Waals surface area (Å²) in [4.78, 5) is 23.0. The van der Waals surface area contributed by atoms with Gasteiger partial charge < -0.3 is 43.2 Å². The lowest BCUT2D eigenvalue weighted by Crippen LogP contribution is -2.15. The summed E-state index contributed by atoms with van der Waals surface area (Å²) in [5, 5.41) is 3.31. The Hall–Kier alpha value is -2.28. The van der Waals surface area contributed by atoms with E-state index in [0.717, 1.165) is 25.1 Å². The molecule has 0 atom stereocenters. The predicted molar refractivity (Wildman–Crippen MR) is 142 cm³/mol. The Morgan fingerprint density at radius 1 is 0.658 bits per heavy atom. The molecule has 0 saturated heterocycles. The van der Waals surface area contributed by atoms with Crippen LogP contribution in [0.3, 0.4) is 0 Å². The zero-order valence-corrected chi connectivity index (χ0v) is 22.9. The van der Waals surface area contributed by atoms with Crippen LogP contribution in [-0.2, 0) is 42.7 Å². The highest BCUT2D eigenvalue weighted by Crippen LogP contribution is 2.10. The number of ether oxygens (including phenoxy) is 8. The van der Waals surface area contributed by atoms with E-state index in [9.17, 15) is 9.59 Å². The maximum atomic E-state index is 12.1. The fourth-order valence-corrected chi connectivity index (χ4v) is 2.87. The monoisotopic (exact) mass is 543 g/mol. The third-order valence-corrected chi connectivity index (χ3v) is 4.98. The molecule has 11 nitrogen and oxygen atoms in total. The number of hydrogen-bond donors (Lipinski definition) is 1. The first-order valence-corrected chi connectivity index (χ1v) is 13.2. The van der Waals surface area contributed by atoms with E-state index in [0.29, 0.717) is 84.8 Å². The zero-order valence-electron chi connectivity index (χ0n) is 22.9. The van der Waals surface area contributed by atoms with Gasteiger partial charge in [-0.15, -0.1) is 0 Å². The van der Waals surface area contributed by atoms with Crippen LogP contribution in [0.2, 0.25) is 0 Å². The fraction of sp³-hybridized carbons (Fsp3) is 0.704. The van der Waals surface area contributed by atoms with Crippen molar-refractivity contribution >= 4 is 17.6 Å². The minimum absolute atomic E-state index is 0.189. The molecule has 0 saturated carbocycles. The molecule has 1 aromatic carbocycles. The maximum Gasteiger partial charge on any atom is 0.338 e. The molecular formula is C27H45NO10. The molecule has 0 amide bonds. The van der Waals surface area contributed by atoms with Crippen LogP contribution in [0.5, 0.6) is 0 Å². The second kappa shape index (κ2) is 25.0. The van der Waals surface area contributed by atoms with E-state index < -0.39 is 0 Å². The fourth-order valence-electron chi connectivity index (χ4n) is 2.87. The Labute approximate surface area is 226 Å². The van der Waals surface area contributed by atoms with Gasteiger partial charge in [-0.2, -0.15) is 0 Å². The normalized spacial score (nSPS) is 10.9. The topological polar surface area (TPSA) is 120 Å². The minimum atomic E-state index is -0.364. The number of carbonyl (C=O) groups is 2. The van der Waals surface area contributed by atoms with Gasteiger partial charge in [0.1, 0.15) is 6.61 Å². The molecule has 0 heterocycles. The lowest BCUT2D eigenvalue weighted by Gasteiger charge is -2.09. The minimum Gasteiger partial charge on any atom is -0.469 e. The lowest BCUT2D eigenvalue weighted by molar-refractivity contribution is -0.141. The number of unbranched alkanes of at least 4 members (excludes halogenated alkanes) is 1. The number of methoxy groups -OCH3 is 1. The lowest BCUT2D eigenvalue weighted by atomic mass is 10.2. The van der Waals surface area contributed by atoms with Gasteiger partial charge in [-0.3, -0.25) is 4.79 Å². The van der Waals surface area contributed by atoms with E-state index in [1.807, 2.05) is 12.1 Å². The zero-order chi connectivity index (χ0) is 27.5. The molecule has 0 aliphatic heterocycles. The van der Waals surface area contributed by atoms with Gasteiger partial charge in [0.25, 0.3) is 0 Å². The van der Waals surface area contributed by atoms with Crippen molar-refractivity contribution in [2.75, 3.05) is 105 Å². The summed E-state index contributed by atoms with van der Waals surface area (Å²) >= 11 is 0. The Morgan fingerprint density at radius 2 is 1.11 bits per heavy atom. The molecule has 0 unspecified atom stereocenters. The quantitative estimate of drug-likeness (QED) is 0.137. The summed E-state index contributed by atoms with van der Waals surface area (Å²) in [6, 6.07) is 7.27. The average molecular weight is 544 g/mol. The number of anilines is 1. The first-order chi connectivity index (χ1) is 18.7. The van der Waals surface area contributed by atoms with Gasteiger partial charge in [0.05, 0.1) is 98.4 Å². The molecule has 38 heavy (non-hydrogen) atoms. The molecule has 218 valence electrons. The van der Waals surface area contributed by atoms with Crippen molar-refractivity contribution in [3.8, 4) is 0 Å². The van der Waals surface area contributed by atoms with E-state index in [1.54, 1.807) is 12.1 Å². The van der Waals surface area contributed by atoms with Gasteiger partial charge in [-0.1, -0.05) is 13.3 Å². The van der Waals surface area contributed by atoms with Crippen molar-refractivity contribution in [2.45, 2.75) is 26.2 Å². The molecule has 0 bridgehead atoms. The molecule has 0 fully saturated rings. The van der Waals surface area contributed by atoms with Crippen molar-refractivity contribution in [3.05, 3.63) is 29.8 Å². The van der Waals surface area contributed by atoms with Crippen LogP contribution in [0, 0.1) is 0 Å². The highest BCUT2D eigenvalue weighted by Gasteiger charge is 2.06. The molecule has 0 aromatic heterocycles. The summed E-state index contributed by atoms with van der Waals surface area (Å²) in [6.07, 6.45) is 2.48. The van der Waals surface area contributed by atoms with Gasteiger partial charge in [0.15, 0.2) is 0 Å². The van der Waals surface area contributed by atoms with Gasteiger partial charge in [0.2, 0.25) is 0 Å². The molecule has 11 heteroatoms. The summed E-state index contributed by atoms with van der Waals surface area (Å²) in [5.74, 6) is -0.653. The van der Waals surface area contributed by atoms with Crippen molar-refractivity contribution in [3.63, 3.8) is 0 Å². The van der Waals surface area contributed by atoms with Gasteiger partial charge in [-0.05, 0) is 30.7 Å². The smallest absolute Gasteiger partial charge is 0.338 e. The van der Waals surface area contributed by atoms with Crippen molar-refractivity contribution < 1.29 is 47.5 Å². The highest BCUT2D eigenvalue weighted by molar-refractivity contribution is 5.89. The number of rotatable bonds is 26. The summed E-state index contributed by atoms with van der Waals surface area (Å²) in [5.41, 5.74) is 1.51. The number of esters is 2. The Kier molecular flexibility index (Phi) is 22.2. The third kappa shape index (κ3) is 19.8. The predicted octanol–water partition coefficient (Wildman–Crippen LogP) is 2.72. The molecule has 1 rings (SSSR count). The molecule has 1 N–H and O–H groups in total. The molecule has 0 radical (unpaired) electrons. The van der Waals surface area contributed by atoms with Crippen molar-refractivity contribution in [1.82, 2.24) is 0 Å². The van der Waals surface area contributed by atoms with E-state index in [1.165, 1.54) is 7.11 Å². The van der Waals surface area contributed by atoms with Gasteiger partial charge in [-0.25, -0.2) is 4.79 Å². The van der Waals surface area contributed by atoms with Crippen molar-refractivity contribution in [1.29, 1.82) is 0 Å². The maximum absolute atomic E-state index is 12.1. The number of carbonyl (C=O) groups excluding carboxylic acids is 2. The van der Waals surface area contributed by atoms with Crippen LogP contribution in [0.4, 0.5) is 5.69 Å². The number of nitrogens with one attached hydrogen (secondary N) is 1. The summed E-state index contributed by atoms with van der Waals surface area (Å²) in [6.45, 7) is 8.40. The number of hydrogen-bond acceptors (Lipinski definition) is 11. The van der Waals surface area contributed by atoms with E-state index in [-0.39, 0.29) is 25.0 Å². The van der Waals surface area contributed by atoms with Crippen LogP contribution >= 0.6 is 0 Å². The largest absolute Gasteiger partial charge is 0.469 e. The molecule has 0 spiro atoms. The standard InChI is InChI=1S/C27H45NO10/c1-3-4-10-28-25-7-5-24(6-8-25)27(30)38-23-22-37-21-20-36-19-18-35-17-16-34-15-14-33-13-12-32-11-9-26(29)31-2/h5-8,28H,3-4,9-23H2,1-2H3. The van der Waals surface area contributed by atoms with Crippen molar-refractivity contribution in [2.24, 2.45) is 0 Å². The van der Waals surface area contributed by atoms with Crippen LogP contribution in [-0.4, -0.2) is 111 Å². The Morgan fingerprint density at radius 3 is 1.55 bits per heavy atom. The highest BCUT2D eigenvalue weighted by atomic mass is 16.6. The molecular weight excluding hydrogens is 498 g/mol. The molecule has 0 aliphatic rings. The first-order valence-electron chi connectivity index (χ1n) is 13.2. The Bertz CT molecular complexity index is 702. The SMILES string of the molecule is CCCCNc1ccc(C(=O)OCCOCCOCCOCCOCCOCCOCCC(=O)OC)cc1. The second-order valence-electron chi connectivity index (χ2n) is 7.99. The van der Waals surface area contributed by atoms with Gasteiger partial charge >= 0.3 is 11.9 Å². The third-order valence-electron chi connectivity index (χ3n) is 4.98.